The van der Waals surface area contributed by atoms with Crippen molar-refractivity contribution >= 4 is 21.8 Å². The number of sulfonamides is 1. The van der Waals surface area contributed by atoms with Crippen LogP contribution >= 0.6 is 11.8 Å². The number of furan rings is 1. The van der Waals surface area contributed by atoms with Gasteiger partial charge in [-0.3, -0.25) is 0 Å². The Balaban J connectivity index is 2.15. The number of aryl methyl sites for hydroxylation is 1. The molecule has 1 unspecified atom stereocenters. The first-order valence-corrected chi connectivity index (χ1v) is 9.85. The van der Waals surface area contributed by atoms with Crippen molar-refractivity contribution in [1.82, 2.24) is 9.62 Å². The zero-order valence-electron chi connectivity index (χ0n) is 12.9. The highest BCUT2D eigenvalue weighted by Gasteiger charge is 2.31. The maximum atomic E-state index is 12.7. The van der Waals surface area contributed by atoms with Crippen LogP contribution in [0, 0.1) is 6.92 Å². The van der Waals surface area contributed by atoms with Crippen LogP contribution in [0.4, 0.5) is 0 Å². The second kappa shape index (κ2) is 7.17. The van der Waals surface area contributed by atoms with Gasteiger partial charge in [-0.1, -0.05) is 13.8 Å². The summed E-state index contributed by atoms with van der Waals surface area (Å²) in [6.45, 7) is 8.48. The summed E-state index contributed by atoms with van der Waals surface area (Å²) in [4.78, 5) is 0.315. The molecular weight excluding hydrogens is 308 g/mol. The Morgan fingerprint density at radius 1 is 1.52 bits per heavy atom. The molecule has 0 aromatic carbocycles. The minimum atomic E-state index is -3.44. The zero-order chi connectivity index (χ0) is 15.5. The van der Waals surface area contributed by atoms with Crippen molar-refractivity contribution in [3.8, 4) is 0 Å². The van der Waals surface area contributed by atoms with E-state index in [2.05, 4.69) is 19.2 Å². The maximum absolute atomic E-state index is 12.7. The lowest BCUT2D eigenvalue weighted by molar-refractivity contribution is 0.420. The first-order valence-electron chi connectivity index (χ1n) is 7.37. The van der Waals surface area contributed by atoms with Gasteiger partial charge in [0.25, 0.3) is 0 Å². The van der Waals surface area contributed by atoms with Crippen LogP contribution in [0.2, 0.25) is 0 Å². The van der Waals surface area contributed by atoms with E-state index in [1.54, 1.807) is 17.3 Å². The molecular formula is C14H24N2O3S2. The van der Waals surface area contributed by atoms with Gasteiger partial charge in [0.05, 0.1) is 6.54 Å². The van der Waals surface area contributed by atoms with Gasteiger partial charge in [0.1, 0.15) is 16.4 Å². The Morgan fingerprint density at radius 2 is 2.29 bits per heavy atom. The highest BCUT2D eigenvalue weighted by molar-refractivity contribution is 8.00. The number of nitrogens with one attached hydrogen (secondary N) is 1. The zero-order valence-corrected chi connectivity index (χ0v) is 14.5. The molecule has 0 bridgehead atoms. The summed E-state index contributed by atoms with van der Waals surface area (Å²) < 4.78 is 32.6. The van der Waals surface area contributed by atoms with E-state index < -0.39 is 10.0 Å². The van der Waals surface area contributed by atoms with Crippen molar-refractivity contribution in [2.24, 2.45) is 0 Å². The molecule has 0 amide bonds. The average molecular weight is 332 g/mol. The van der Waals surface area contributed by atoms with Gasteiger partial charge < -0.3 is 9.73 Å². The normalized spacial score (nSPS) is 20.8. The fourth-order valence-corrected chi connectivity index (χ4v) is 5.34. The van der Waals surface area contributed by atoms with E-state index in [-0.39, 0.29) is 0 Å². The predicted molar refractivity (Wildman–Crippen MR) is 86.1 cm³/mol. The molecule has 2 rings (SSSR count). The molecule has 1 fully saturated rings. The number of rotatable bonds is 6. The highest BCUT2D eigenvalue weighted by atomic mass is 32.2. The lowest BCUT2D eigenvalue weighted by Crippen LogP contribution is -2.41. The molecule has 0 radical (unpaired) electrons. The third-order valence-electron chi connectivity index (χ3n) is 3.47. The second-order valence-electron chi connectivity index (χ2n) is 5.35. The smallest absolute Gasteiger partial charge is 0.246 e. The summed E-state index contributed by atoms with van der Waals surface area (Å²) in [5.74, 6) is 2.01. The Hall–Kier alpha value is -0.500. The van der Waals surface area contributed by atoms with Crippen LogP contribution in [-0.4, -0.2) is 43.4 Å². The van der Waals surface area contributed by atoms with E-state index in [1.165, 1.54) is 0 Å². The van der Waals surface area contributed by atoms with E-state index in [0.29, 0.717) is 41.3 Å². The summed E-state index contributed by atoms with van der Waals surface area (Å²) in [6.07, 6.45) is 1.04. The summed E-state index contributed by atoms with van der Waals surface area (Å²) in [7, 11) is -3.44. The van der Waals surface area contributed by atoms with Crippen LogP contribution < -0.4 is 5.32 Å². The van der Waals surface area contributed by atoms with Crippen molar-refractivity contribution in [2.75, 3.05) is 25.4 Å². The van der Waals surface area contributed by atoms with Crippen LogP contribution in [0.5, 0.6) is 0 Å². The third kappa shape index (κ3) is 4.03. The quantitative estimate of drug-likeness (QED) is 0.809. The molecule has 21 heavy (non-hydrogen) atoms. The fraction of sp³-hybridized carbons (Fsp3) is 0.714. The highest BCUT2D eigenvalue weighted by Crippen LogP contribution is 2.27. The van der Waals surface area contributed by atoms with E-state index in [4.69, 9.17) is 4.42 Å². The van der Waals surface area contributed by atoms with E-state index in [0.717, 1.165) is 18.7 Å². The van der Waals surface area contributed by atoms with Crippen molar-refractivity contribution in [3.63, 3.8) is 0 Å². The monoisotopic (exact) mass is 332 g/mol. The standard InChI is InChI=1S/C14H24N2O3S2/c1-4-5-15-9-13-8-14(12(3)19-13)21(17,18)16-6-7-20-11(2)10-16/h8,11,15H,4-7,9-10H2,1-3H3. The molecule has 1 aliphatic rings. The largest absolute Gasteiger partial charge is 0.464 e. The van der Waals surface area contributed by atoms with Gasteiger partial charge in [-0.15, -0.1) is 0 Å². The van der Waals surface area contributed by atoms with E-state index in [1.807, 2.05) is 11.8 Å². The molecule has 0 saturated carbocycles. The predicted octanol–water partition coefficient (Wildman–Crippen LogP) is 2.21. The number of nitrogens with zero attached hydrogens (tertiary/aromatic N) is 1. The molecule has 120 valence electrons. The van der Waals surface area contributed by atoms with Crippen molar-refractivity contribution in [2.45, 2.75) is 43.9 Å². The molecule has 0 aliphatic carbocycles. The van der Waals surface area contributed by atoms with Gasteiger partial charge in [-0.25, -0.2) is 8.42 Å². The minimum Gasteiger partial charge on any atom is -0.464 e. The van der Waals surface area contributed by atoms with Gasteiger partial charge in [0.2, 0.25) is 10.0 Å². The number of thioether (sulfide) groups is 1. The molecule has 1 aliphatic heterocycles. The first kappa shape index (κ1) is 16.9. The van der Waals surface area contributed by atoms with Crippen LogP contribution in [0.3, 0.4) is 0 Å². The Bertz CT molecular complexity index is 569. The number of hydrogen-bond acceptors (Lipinski definition) is 5. The molecule has 1 atom stereocenters. The summed E-state index contributed by atoms with van der Waals surface area (Å²) in [6, 6.07) is 1.67. The second-order valence-corrected chi connectivity index (χ2v) is 8.81. The number of hydrogen-bond donors (Lipinski definition) is 1. The lowest BCUT2D eigenvalue weighted by Gasteiger charge is -2.29. The molecule has 1 N–H and O–H groups in total. The van der Waals surface area contributed by atoms with Gasteiger partial charge in [0, 0.05) is 30.2 Å². The van der Waals surface area contributed by atoms with Crippen molar-refractivity contribution in [3.05, 3.63) is 17.6 Å². The first-order chi connectivity index (χ1) is 9.95. The van der Waals surface area contributed by atoms with Gasteiger partial charge >= 0.3 is 0 Å². The van der Waals surface area contributed by atoms with E-state index in [9.17, 15) is 8.42 Å². The fourth-order valence-electron chi connectivity index (χ4n) is 2.40. The Kier molecular flexibility index (Phi) is 5.76. The van der Waals surface area contributed by atoms with Gasteiger partial charge in [-0.2, -0.15) is 16.1 Å². The molecule has 7 heteroatoms. The molecule has 2 heterocycles. The van der Waals surface area contributed by atoms with E-state index >= 15 is 0 Å². The lowest BCUT2D eigenvalue weighted by atomic mass is 10.4. The minimum absolute atomic E-state index is 0.315. The molecule has 1 aromatic heterocycles. The molecule has 1 saturated heterocycles. The van der Waals surface area contributed by atoms with Crippen LogP contribution in [0.1, 0.15) is 31.8 Å². The van der Waals surface area contributed by atoms with Crippen molar-refractivity contribution in [1.29, 1.82) is 0 Å². The molecule has 1 aromatic rings. The van der Waals surface area contributed by atoms with Crippen LogP contribution in [-0.2, 0) is 16.6 Å². The van der Waals surface area contributed by atoms with Crippen LogP contribution in [0.15, 0.2) is 15.4 Å². The summed E-state index contributed by atoms with van der Waals surface area (Å²) in [5, 5.41) is 3.56. The molecule has 0 spiro atoms. The topological polar surface area (TPSA) is 62.6 Å². The van der Waals surface area contributed by atoms with Gasteiger partial charge in [-0.05, 0) is 19.9 Å². The average Bonchev–Trinajstić information content (AvgIpc) is 2.81. The third-order valence-corrected chi connectivity index (χ3v) is 6.58. The summed E-state index contributed by atoms with van der Waals surface area (Å²) >= 11 is 1.82. The summed E-state index contributed by atoms with van der Waals surface area (Å²) in [5.41, 5.74) is 0. The maximum Gasteiger partial charge on any atom is 0.246 e. The van der Waals surface area contributed by atoms with Crippen molar-refractivity contribution < 1.29 is 12.8 Å². The van der Waals surface area contributed by atoms with Crippen LogP contribution in [0.25, 0.3) is 0 Å². The SMILES string of the molecule is CCCNCc1cc(S(=O)(=O)N2CCSC(C)C2)c(C)o1. The Labute approximate surface area is 131 Å². The Morgan fingerprint density at radius 3 is 2.95 bits per heavy atom. The molecule has 5 nitrogen and oxygen atoms in total. The van der Waals surface area contributed by atoms with Gasteiger partial charge in [0.15, 0.2) is 0 Å².